The molecule has 2 rings (SSSR count). The monoisotopic (exact) mass is 437 g/mol. The van der Waals surface area contributed by atoms with Crippen LogP contribution in [0.4, 0.5) is 5.69 Å². The molecule has 2 aromatic carbocycles. The van der Waals surface area contributed by atoms with Gasteiger partial charge in [-0.3, -0.25) is 4.79 Å². The third-order valence-electron chi connectivity index (χ3n) is 3.15. The zero-order valence-corrected chi connectivity index (χ0v) is 16.0. The maximum absolute atomic E-state index is 11.9. The molecule has 4 nitrogen and oxygen atoms in total. The molecule has 0 saturated carbocycles. The molecule has 120 valence electrons. The Balaban J connectivity index is 1.94. The summed E-state index contributed by atoms with van der Waals surface area (Å²) in [7, 11) is 0. The van der Waals surface area contributed by atoms with Crippen molar-refractivity contribution in [2.75, 3.05) is 11.9 Å². The molecule has 2 N–H and O–H groups in total. The average molecular weight is 439 g/mol. The maximum atomic E-state index is 11.9. The molecule has 2 aromatic rings. The van der Waals surface area contributed by atoms with Crippen LogP contribution in [-0.4, -0.2) is 18.2 Å². The van der Waals surface area contributed by atoms with Gasteiger partial charge in [-0.25, -0.2) is 5.43 Å². The lowest BCUT2D eigenvalue weighted by Crippen LogP contribution is -2.27. The second-order valence-electron chi connectivity index (χ2n) is 5.06. The maximum Gasteiger partial charge on any atom is 0.259 e. The summed E-state index contributed by atoms with van der Waals surface area (Å²) in [5, 5.41) is 7.22. The smallest absolute Gasteiger partial charge is 0.259 e. The van der Waals surface area contributed by atoms with Crippen molar-refractivity contribution >= 4 is 49.2 Å². The zero-order valence-electron chi connectivity index (χ0n) is 12.9. The Labute approximate surface area is 152 Å². The third kappa shape index (κ3) is 5.18. The molecule has 0 spiro atoms. The number of carbonyl (C=O) groups excluding carboxylic acids is 1. The van der Waals surface area contributed by atoms with E-state index in [1.54, 1.807) is 0 Å². The molecule has 0 aliphatic rings. The van der Waals surface area contributed by atoms with E-state index in [1.807, 2.05) is 56.3 Å². The van der Waals surface area contributed by atoms with Crippen LogP contribution in [0.1, 0.15) is 18.1 Å². The lowest BCUT2D eigenvalue weighted by Gasteiger charge is -2.11. The first-order chi connectivity index (χ1) is 11.0. The molecule has 0 aliphatic carbocycles. The molecule has 0 fully saturated rings. The Morgan fingerprint density at radius 1 is 1.13 bits per heavy atom. The van der Waals surface area contributed by atoms with Crippen molar-refractivity contribution in [3.63, 3.8) is 0 Å². The number of hydrazone groups is 1. The Morgan fingerprint density at radius 2 is 1.74 bits per heavy atom. The Morgan fingerprint density at radius 3 is 2.35 bits per heavy atom. The van der Waals surface area contributed by atoms with E-state index in [1.165, 1.54) is 0 Å². The Hall–Kier alpha value is -1.66. The van der Waals surface area contributed by atoms with Crippen molar-refractivity contribution in [3.05, 3.63) is 62.5 Å². The third-order valence-corrected chi connectivity index (χ3v) is 4.40. The van der Waals surface area contributed by atoms with Gasteiger partial charge in [0.05, 0.1) is 17.9 Å². The van der Waals surface area contributed by atoms with Gasteiger partial charge in [0, 0.05) is 8.95 Å². The van der Waals surface area contributed by atoms with Crippen molar-refractivity contribution in [1.82, 2.24) is 5.43 Å². The van der Waals surface area contributed by atoms with Crippen LogP contribution in [0.25, 0.3) is 0 Å². The van der Waals surface area contributed by atoms with E-state index in [-0.39, 0.29) is 12.5 Å². The number of anilines is 1. The molecule has 0 unspecified atom stereocenters. The predicted molar refractivity (Wildman–Crippen MR) is 102 cm³/mol. The first-order valence-corrected chi connectivity index (χ1v) is 8.64. The van der Waals surface area contributed by atoms with E-state index in [4.69, 9.17) is 0 Å². The highest BCUT2D eigenvalue weighted by Gasteiger charge is 2.08. The van der Waals surface area contributed by atoms with Gasteiger partial charge in [-0.1, -0.05) is 30.3 Å². The average Bonchev–Trinajstić information content (AvgIpc) is 2.52. The number of benzene rings is 2. The van der Waals surface area contributed by atoms with Crippen LogP contribution in [0.15, 0.2) is 56.5 Å². The summed E-state index contributed by atoms with van der Waals surface area (Å²) in [6.07, 6.45) is 0. The molecule has 0 aromatic heterocycles. The molecule has 0 saturated heterocycles. The lowest BCUT2D eigenvalue weighted by molar-refractivity contribution is -0.119. The second kappa shape index (κ2) is 8.26. The number of aryl methyl sites for hydroxylation is 1. The van der Waals surface area contributed by atoms with Crippen LogP contribution in [0.2, 0.25) is 0 Å². The van der Waals surface area contributed by atoms with Gasteiger partial charge in [-0.05, 0) is 69.0 Å². The normalized spacial score (nSPS) is 11.2. The summed E-state index contributed by atoms with van der Waals surface area (Å²) < 4.78 is 1.81. The highest BCUT2D eigenvalue weighted by atomic mass is 79.9. The van der Waals surface area contributed by atoms with Crippen molar-refractivity contribution < 1.29 is 4.79 Å². The summed E-state index contributed by atoms with van der Waals surface area (Å²) >= 11 is 6.98. The van der Waals surface area contributed by atoms with Crippen LogP contribution < -0.4 is 10.7 Å². The minimum atomic E-state index is -0.209. The van der Waals surface area contributed by atoms with E-state index in [0.717, 1.165) is 31.5 Å². The Kier molecular flexibility index (Phi) is 6.36. The molecule has 0 heterocycles. The summed E-state index contributed by atoms with van der Waals surface area (Å²) in [5.74, 6) is -0.209. The lowest BCUT2D eigenvalue weighted by atomic mass is 10.1. The molecule has 0 aliphatic heterocycles. The fourth-order valence-electron chi connectivity index (χ4n) is 1.97. The number of halogens is 2. The van der Waals surface area contributed by atoms with Crippen molar-refractivity contribution in [2.45, 2.75) is 13.8 Å². The highest BCUT2D eigenvalue weighted by molar-refractivity contribution is 9.11. The zero-order chi connectivity index (χ0) is 16.8. The molecular weight excluding hydrogens is 422 g/mol. The molecule has 0 atom stereocenters. The second-order valence-corrected chi connectivity index (χ2v) is 6.76. The van der Waals surface area contributed by atoms with E-state index in [2.05, 4.69) is 47.7 Å². The summed E-state index contributed by atoms with van der Waals surface area (Å²) in [5.41, 5.74) is 6.26. The van der Waals surface area contributed by atoms with Crippen LogP contribution in [-0.2, 0) is 4.79 Å². The number of hydrogen-bond acceptors (Lipinski definition) is 3. The van der Waals surface area contributed by atoms with Gasteiger partial charge in [0.25, 0.3) is 5.91 Å². The van der Waals surface area contributed by atoms with E-state index in [9.17, 15) is 4.79 Å². The van der Waals surface area contributed by atoms with Crippen molar-refractivity contribution in [3.8, 4) is 0 Å². The molecule has 6 heteroatoms. The van der Waals surface area contributed by atoms with E-state index < -0.39 is 0 Å². The van der Waals surface area contributed by atoms with Gasteiger partial charge in [-0.15, -0.1) is 0 Å². The highest BCUT2D eigenvalue weighted by Crippen LogP contribution is 2.31. The largest absolute Gasteiger partial charge is 0.374 e. The van der Waals surface area contributed by atoms with E-state index >= 15 is 0 Å². The van der Waals surface area contributed by atoms with Gasteiger partial charge in [0.1, 0.15) is 0 Å². The minimum Gasteiger partial charge on any atom is -0.374 e. The summed E-state index contributed by atoms with van der Waals surface area (Å²) in [6.45, 7) is 4.00. The molecular formula is C17H17Br2N3O. The first-order valence-electron chi connectivity index (χ1n) is 7.05. The molecule has 1 amide bonds. The predicted octanol–water partition coefficient (Wildman–Crippen LogP) is 4.47. The number of rotatable bonds is 5. The van der Waals surface area contributed by atoms with Crippen LogP contribution >= 0.6 is 31.9 Å². The number of amides is 1. The first kappa shape index (κ1) is 17.7. The molecule has 0 radical (unpaired) electrons. The van der Waals surface area contributed by atoms with Crippen molar-refractivity contribution in [1.29, 1.82) is 0 Å². The number of nitrogens with zero attached hydrogens (tertiary/aromatic N) is 1. The van der Waals surface area contributed by atoms with Gasteiger partial charge < -0.3 is 5.32 Å². The summed E-state index contributed by atoms with van der Waals surface area (Å²) in [6, 6.07) is 13.7. The van der Waals surface area contributed by atoms with Gasteiger partial charge in [0.15, 0.2) is 0 Å². The van der Waals surface area contributed by atoms with Crippen LogP contribution in [0, 0.1) is 6.92 Å². The minimum absolute atomic E-state index is 0.131. The SMILES string of the molecule is C/C(=N\NC(=O)CNc1c(Br)cc(C)cc1Br)c1ccccc1. The Bertz CT molecular complexity index is 707. The van der Waals surface area contributed by atoms with Gasteiger partial charge >= 0.3 is 0 Å². The number of nitrogens with one attached hydrogen (secondary N) is 2. The molecule has 0 bridgehead atoms. The quantitative estimate of drug-likeness (QED) is 0.534. The number of hydrogen-bond donors (Lipinski definition) is 2. The standard InChI is InChI=1S/C17H17Br2N3O/c1-11-8-14(18)17(15(19)9-11)20-10-16(23)22-21-12(2)13-6-4-3-5-7-13/h3-9,20H,10H2,1-2H3,(H,22,23)/b21-12+. The fraction of sp³-hybridized carbons (Fsp3) is 0.176. The summed E-state index contributed by atoms with van der Waals surface area (Å²) in [4.78, 5) is 11.9. The van der Waals surface area contributed by atoms with Gasteiger partial charge in [0.2, 0.25) is 0 Å². The van der Waals surface area contributed by atoms with Crippen LogP contribution in [0.5, 0.6) is 0 Å². The van der Waals surface area contributed by atoms with Crippen LogP contribution in [0.3, 0.4) is 0 Å². The van der Waals surface area contributed by atoms with Crippen molar-refractivity contribution in [2.24, 2.45) is 5.10 Å². The fourth-order valence-corrected chi connectivity index (χ4v) is 3.66. The number of carbonyl (C=O) groups is 1. The topological polar surface area (TPSA) is 53.5 Å². The van der Waals surface area contributed by atoms with Gasteiger partial charge in [-0.2, -0.15) is 5.10 Å². The molecule has 23 heavy (non-hydrogen) atoms. The van der Waals surface area contributed by atoms with E-state index in [0.29, 0.717) is 0 Å².